The number of thiazole rings is 1. The molecule has 0 radical (unpaired) electrons. The lowest BCUT2D eigenvalue weighted by atomic mass is 10.2. The maximum absolute atomic E-state index is 12.2. The minimum absolute atomic E-state index is 0.00966. The monoisotopic (exact) mass is 398 g/mol. The lowest BCUT2D eigenvalue weighted by Gasteiger charge is -2.09. The number of H-pyrrole nitrogens is 1. The highest BCUT2D eigenvalue weighted by Crippen LogP contribution is 2.23. The molecule has 144 valence electrons. The number of aromatic amines is 1. The Morgan fingerprint density at radius 2 is 2.00 bits per heavy atom. The second-order valence-electron chi connectivity index (χ2n) is 5.76. The van der Waals surface area contributed by atoms with Gasteiger partial charge in [0.2, 0.25) is 5.91 Å². The topological polar surface area (TPSA) is 113 Å². The largest absolute Gasteiger partial charge is 0.495 e. The number of ether oxygens (including phenoxy) is 1. The lowest BCUT2D eigenvalue weighted by Crippen LogP contribution is -2.22. The number of hydrogen-bond acceptors (Lipinski definition) is 6. The van der Waals surface area contributed by atoms with Gasteiger partial charge in [0.1, 0.15) is 11.3 Å². The summed E-state index contributed by atoms with van der Waals surface area (Å²) in [4.78, 5) is 42.7. The van der Waals surface area contributed by atoms with Crippen LogP contribution in [0.15, 0.2) is 52.8 Å². The molecule has 0 atom stereocenters. The Balaban J connectivity index is 1.55. The number of amides is 2. The summed E-state index contributed by atoms with van der Waals surface area (Å²) in [5, 5.41) is 7.53. The average Bonchev–Trinajstić information content (AvgIpc) is 3.14. The van der Waals surface area contributed by atoms with Crippen molar-refractivity contribution < 1.29 is 14.3 Å². The number of nitrogens with zero attached hydrogens (tertiary/aromatic N) is 1. The molecule has 0 fully saturated rings. The molecule has 3 aromatic rings. The molecule has 28 heavy (non-hydrogen) atoms. The van der Waals surface area contributed by atoms with Crippen LogP contribution in [0.25, 0.3) is 0 Å². The number of methoxy groups -OCH3 is 1. The van der Waals surface area contributed by atoms with E-state index in [1.165, 1.54) is 23.6 Å². The summed E-state index contributed by atoms with van der Waals surface area (Å²) in [5.41, 5.74) is 0.826. The number of hydrogen-bond donors (Lipinski definition) is 3. The van der Waals surface area contributed by atoms with Crippen LogP contribution < -0.4 is 20.9 Å². The predicted octanol–water partition coefficient (Wildman–Crippen LogP) is 2.66. The van der Waals surface area contributed by atoms with Crippen LogP contribution in [0, 0.1) is 0 Å². The summed E-state index contributed by atoms with van der Waals surface area (Å²) >= 11 is 1.23. The van der Waals surface area contributed by atoms with Crippen molar-refractivity contribution >= 4 is 34.0 Å². The second-order valence-corrected chi connectivity index (χ2v) is 6.62. The minimum Gasteiger partial charge on any atom is -0.495 e. The molecule has 0 spiro atoms. The number of nitrogens with one attached hydrogen (secondary N) is 3. The first kappa shape index (κ1) is 19.3. The molecule has 1 aromatic carbocycles. The van der Waals surface area contributed by atoms with Gasteiger partial charge in [-0.15, -0.1) is 11.3 Å². The molecule has 2 heterocycles. The summed E-state index contributed by atoms with van der Waals surface area (Å²) in [6, 6.07) is 10.2. The SMILES string of the molecule is COc1ccccc1NC(=O)CCc1csc(NC(=O)c2ccc[nH]c2=O)n1. The first-order valence-corrected chi connectivity index (χ1v) is 9.31. The number of benzene rings is 1. The number of aryl methyl sites for hydroxylation is 1. The quantitative estimate of drug-likeness (QED) is 0.566. The van der Waals surface area contributed by atoms with E-state index < -0.39 is 11.5 Å². The zero-order valence-electron chi connectivity index (χ0n) is 15.0. The Bertz CT molecular complexity index is 1040. The van der Waals surface area contributed by atoms with E-state index in [0.29, 0.717) is 28.7 Å². The highest BCUT2D eigenvalue weighted by molar-refractivity contribution is 7.14. The van der Waals surface area contributed by atoms with Crippen molar-refractivity contribution in [2.75, 3.05) is 17.7 Å². The smallest absolute Gasteiger partial charge is 0.263 e. The number of carbonyl (C=O) groups excluding carboxylic acids is 2. The van der Waals surface area contributed by atoms with Crippen LogP contribution >= 0.6 is 11.3 Å². The van der Waals surface area contributed by atoms with Crippen LogP contribution in [0.4, 0.5) is 10.8 Å². The maximum Gasteiger partial charge on any atom is 0.263 e. The molecule has 0 saturated heterocycles. The van der Waals surface area contributed by atoms with Gasteiger partial charge in [-0.1, -0.05) is 12.1 Å². The fourth-order valence-corrected chi connectivity index (χ4v) is 3.19. The van der Waals surface area contributed by atoms with E-state index >= 15 is 0 Å². The summed E-state index contributed by atoms with van der Waals surface area (Å²) in [6.07, 6.45) is 2.10. The number of para-hydroxylation sites is 2. The van der Waals surface area contributed by atoms with Crippen molar-refractivity contribution in [1.29, 1.82) is 0 Å². The molecule has 0 aliphatic rings. The van der Waals surface area contributed by atoms with E-state index in [9.17, 15) is 14.4 Å². The predicted molar refractivity (Wildman–Crippen MR) is 107 cm³/mol. The van der Waals surface area contributed by atoms with E-state index in [0.717, 1.165) is 0 Å². The summed E-state index contributed by atoms with van der Waals surface area (Å²) in [7, 11) is 1.54. The standard InChI is InChI=1S/C19H18N4O4S/c1-27-15-7-3-2-6-14(15)22-16(24)9-8-12-11-28-19(21-12)23-18(26)13-5-4-10-20-17(13)25/h2-7,10-11H,8-9H2,1H3,(H,20,25)(H,22,24)(H,21,23,26). The van der Waals surface area contributed by atoms with Gasteiger partial charge in [0.05, 0.1) is 18.5 Å². The molecule has 0 aliphatic carbocycles. The maximum atomic E-state index is 12.2. The van der Waals surface area contributed by atoms with Gasteiger partial charge in [0.15, 0.2) is 5.13 Å². The third-order valence-corrected chi connectivity index (χ3v) is 4.63. The number of rotatable bonds is 7. The van der Waals surface area contributed by atoms with Crippen molar-refractivity contribution in [3.05, 3.63) is 69.6 Å². The van der Waals surface area contributed by atoms with Crippen LogP contribution in [-0.4, -0.2) is 28.9 Å². The molecule has 8 nitrogen and oxygen atoms in total. The van der Waals surface area contributed by atoms with Gasteiger partial charge in [-0.3, -0.25) is 19.7 Å². The molecule has 0 saturated carbocycles. The molecule has 0 aliphatic heterocycles. The number of anilines is 2. The van der Waals surface area contributed by atoms with Crippen LogP contribution in [0.2, 0.25) is 0 Å². The normalized spacial score (nSPS) is 10.3. The van der Waals surface area contributed by atoms with Gasteiger partial charge < -0.3 is 15.0 Å². The molecular weight excluding hydrogens is 380 g/mol. The second kappa shape index (κ2) is 8.96. The Morgan fingerprint density at radius 1 is 1.18 bits per heavy atom. The highest BCUT2D eigenvalue weighted by Gasteiger charge is 2.13. The average molecular weight is 398 g/mol. The van der Waals surface area contributed by atoms with Crippen LogP contribution in [0.1, 0.15) is 22.5 Å². The van der Waals surface area contributed by atoms with Gasteiger partial charge in [0, 0.05) is 18.0 Å². The molecular formula is C19H18N4O4S. The molecule has 2 aromatic heterocycles. The molecule has 0 bridgehead atoms. The molecule has 3 rings (SSSR count). The van der Waals surface area contributed by atoms with Gasteiger partial charge in [-0.25, -0.2) is 4.98 Å². The third kappa shape index (κ3) is 4.83. The van der Waals surface area contributed by atoms with Gasteiger partial charge >= 0.3 is 0 Å². The lowest BCUT2D eigenvalue weighted by molar-refractivity contribution is -0.116. The van der Waals surface area contributed by atoms with E-state index in [-0.39, 0.29) is 17.9 Å². The van der Waals surface area contributed by atoms with Gasteiger partial charge in [-0.05, 0) is 30.7 Å². The van der Waals surface area contributed by atoms with E-state index in [2.05, 4.69) is 20.6 Å². The van der Waals surface area contributed by atoms with E-state index in [4.69, 9.17) is 4.74 Å². The zero-order valence-corrected chi connectivity index (χ0v) is 15.8. The van der Waals surface area contributed by atoms with Crippen molar-refractivity contribution in [1.82, 2.24) is 9.97 Å². The molecule has 9 heteroatoms. The zero-order chi connectivity index (χ0) is 19.9. The first-order chi connectivity index (χ1) is 13.6. The first-order valence-electron chi connectivity index (χ1n) is 8.43. The summed E-state index contributed by atoms with van der Waals surface area (Å²) in [6.45, 7) is 0. The van der Waals surface area contributed by atoms with Crippen molar-refractivity contribution in [2.24, 2.45) is 0 Å². The molecule has 3 N–H and O–H groups in total. The third-order valence-electron chi connectivity index (χ3n) is 3.82. The van der Waals surface area contributed by atoms with E-state index in [1.807, 2.05) is 12.1 Å². The summed E-state index contributed by atoms with van der Waals surface area (Å²) < 4.78 is 5.20. The van der Waals surface area contributed by atoms with Crippen molar-refractivity contribution in [2.45, 2.75) is 12.8 Å². The highest BCUT2D eigenvalue weighted by atomic mass is 32.1. The fourth-order valence-electron chi connectivity index (χ4n) is 2.45. The Labute approximate surface area is 164 Å². The van der Waals surface area contributed by atoms with Crippen LogP contribution in [0.3, 0.4) is 0 Å². The van der Waals surface area contributed by atoms with Crippen molar-refractivity contribution in [3.8, 4) is 5.75 Å². The Morgan fingerprint density at radius 3 is 2.79 bits per heavy atom. The molecule has 2 amide bonds. The fraction of sp³-hybridized carbons (Fsp3) is 0.158. The van der Waals surface area contributed by atoms with Crippen LogP contribution in [0.5, 0.6) is 5.75 Å². The number of pyridine rings is 1. The van der Waals surface area contributed by atoms with E-state index in [1.54, 1.807) is 30.7 Å². The Hall–Kier alpha value is -3.46. The van der Waals surface area contributed by atoms with Crippen LogP contribution in [-0.2, 0) is 11.2 Å². The van der Waals surface area contributed by atoms with Gasteiger partial charge in [-0.2, -0.15) is 0 Å². The summed E-state index contributed by atoms with van der Waals surface area (Å²) in [5.74, 6) is -0.110. The molecule has 0 unspecified atom stereocenters. The number of carbonyl (C=O) groups is 2. The Kier molecular flexibility index (Phi) is 6.18. The minimum atomic E-state index is -0.531. The van der Waals surface area contributed by atoms with Gasteiger partial charge in [0.25, 0.3) is 11.5 Å². The number of aromatic nitrogens is 2. The van der Waals surface area contributed by atoms with Crippen molar-refractivity contribution in [3.63, 3.8) is 0 Å².